The molecule has 1 aliphatic heterocycles. The van der Waals surface area contributed by atoms with E-state index in [4.69, 9.17) is 4.42 Å². The van der Waals surface area contributed by atoms with Gasteiger partial charge in [-0.05, 0) is 37.1 Å². The van der Waals surface area contributed by atoms with Crippen LogP contribution in [0.3, 0.4) is 0 Å². The number of carbonyl (C=O) groups excluding carboxylic acids is 2. The molecule has 0 spiro atoms. The van der Waals surface area contributed by atoms with Crippen LogP contribution in [0.5, 0.6) is 0 Å². The molecule has 0 bridgehead atoms. The van der Waals surface area contributed by atoms with Gasteiger partial charge in [0.15, 0.2) is 10.8 Å². The first-order valence-electron chi connectivity index (χ1n) is 9.16. The number of aromatic nitrogens is 2. The van der Waals surface area contributed by atoms with E-state index in [0.29, 0.717) is 31.7 Å². The summed E-state index contributed by atoms with van der Waals surface area (Å²) in [4.78, 5) is 35.2. The molecule has 3 aromatic heterocycles. The number of nitrogens with one attached hydrogen (secondary N) is 1. The minimum atomic E-state index is -0.0814. The van der Waals surface area contributed by atoms with E-state index in [9.17, 15) is 9.59 Å². The first kappa shape index (κ1) is 18.4. The number of piperidine rings is 1. The molecule has 1 N–H and O–H groups in total. The molecule has 144 valence electrons. The third-order valence-electron chi connectivity index (χ3n) is 4.78. The predicted molar refractivity (Wildman–Crippen MR) is 106 cm³/mol. The summed E-state index contributed by atoms with van der Waals surface area (Å²) in [6.07, 6.45) is 6.50. The number of likely N-dealkylation sites (tertiary alicyclic amines) is 1. The van der Waals surface area contributed by atoms with Gasteiger partial charge in [0.05, 0.1) is 18.4 Å². The van der Waals surface area contributed by atoms with Gasteiger partial charge in [-0.2, -0.15) is 0 Å². The Hall–Kier alpha value is -3.00. The van der Waals surface area contributed by atoms with Gasteiger partial charge in [-0.1, -0.05) is 0 Å². The van der Waals surface area contributed by atoms with Crippen molar-refractivity contribution in [2.75, 3.05) is 18.4 Å². The largest absolute Gasteiger partial charge is 0.462 e. The van der Waals surface area contributed by atoms with E-state index in [0.717, 1.165) is 16.4 Å². The van der Waals surface area contributed by atoms with E-state index in [1.807, 2.05) is 22.4 Å². The van der Waals surface area contributed by atoms with E-state index in [1.165, 1.54) is 11.3 Å². The van der Waals surface area contributed by atoms with Crippen LogP contribution in [0, 0.1) is 5.92 Å². The SMILES string of the molecule is O=C(Nc1ccncc1)C1CCN(C(=O)Cc2csc(-c3ccco3)n2)CC1. The molecule has 0 atom stereocenters. The Kier molecular flexibility index (Phi) is 5.48. The molecule has 28 heavy (non-hydrogen) atoms. The van der Waals surface area contributed by atoms with Gasteiger partial charge in [0.25, 0.3) is 0 Å². The molecule has 1 fully saturated rings. The second-order valence-corrected chi connectivity index (χ2v) is 7.54. The molecule has 4 rings (SSSR count). The van der Waals surface area contributed by atoms with Crippen molar-refractivity contribution >= 4 is 28.8 Å². The highest BCUT2D eigenvalue weighted by Crippen LogP contribution is 2.25. The van der Waals surface area contributed by atoms with Gasteiger partial charge >= 0.3 is 0 Å². The molecule has 3 aromatic rings. The second-order valence-electron chi connectivity index (χ2n) is 6.68. The molecule has 0 unspecified atom stereocenters. The summed E-state index contributed by atoms with van der Waals surface area (Å²) >= 11 is 1.47. The zero-order chi connectivity index (χ0) is 19.3. The molecule has 0 saturated carbocycles. The van der Waals surface area contributed by atoms with Crippen molar-refractivity contribution in [3.8, 4) is 10.8 Å². The minimum Gasteiger partial charge on any atom is -0.462 e. The molecule has 8 heteroatoms. The van der Waals surface area contributed by atoms with Gasteiger partial charge in [-0.15, -0.1) is 11.3 Å². The van der Waals surface area contributed by atoms with E-state index in [-0.39, 0.29) is 24.2 Å². The van der Waals surface area contributed by atoms with Crippen LogP contribution < -0.4 is 5.32 Å². The van der Waals surface area contributed by atoms with Crippen molar-refractivity contribution in [1.82, 2.24) is 14.9 Å². The number of rotatable bonds is 5. The Morgan fingerprint density at radius 3 is 2.71 bits per heavy atom. The summed E-state index contributed by atoms with van der Waals surface area (Å²) in [5, 5.41) is 5.58. The minimum absolute atomic E-state index is 0.000824. The van der Waals surface area contributed by atoms with Crippen LogP contribution >= 0.6 is 11.3 Å². The van der Waals surface area contributed by atoms with Gasteiger partial charge in [-0.25, -0.2) is 4.98 Å². The highest BCUT2D eigenvalue weighted by Gasteiger charge is 2.27. The molecule has 1 aliphatic rings. The zero-order valence-corrected chi connectivity index (χ0v) is 16.0. The maximum Gasteiger partial charge on any atom is 0.228 e. The first-order valence-corrected chi connectivity index (χ1v) is 10.0. The Morgan fingerprint density at radius 1 is 1.21 bits per heavy atom. The Balaban J connectivity index is 1.27. The number of pyridine rings is 1. The molecule has 0 aromatic carbocycles. The zero-order valence-electron chi connectivity index (χ0n) is 15.2. The number of thiazole rings is 1. The lowest BCUT2D eigenvalue weighted by atomic mass is 9.95. The van der Waals surface area contributed by atoms with Gasteiger partial charge in [-0.3, -0.25) is 14.6 Å². The van der Waals surface area contributed by atoms with Crippen LogP contribution in [-0.4, -0.2) is 39.8 Å². The van der Waals surface area contributed by atoms with Gasteiger partial charge in [0, 0.05) is 42.5 Å². The first-order chi connectivity index (χ1) is 13.7. The molecule has 0 radical (unpaired) electrons. The summed E-state index contributed by atoms with van der Waals surface area (Å²) in [6, 6.07) is 7.20. The molecule has 2 amide bonds. The summed E-state index contributed by atoms with van der Waals surface area (Å²) in [6.45, 7) is 1.17. The van der Waals surface area contributed by atoms with Crippen molar-refractivity contribution in [3.05, 3.63) is 54.0 Å². The fourth-order valence-electron chi connectivity index (χ4n) is 3.24. The molecular weight excluding hydrogens is 376 g/mol. The quantitative estimate of drug-likeness (QED) is 0.715. The molecular formula is C20H20N4O3S. The lowest BCUT2D eigenvalue weighted by Gasteiger charge is -2.31. The second kappa shape index (κ2) is 8.35. The number of hydrogen-bond donors (Lipinski definition) is 1. The summed E-state index contributed by atoms with van der Waals surface area (Å²) in [5.41, 5.74) is 1.49. The van der Waals surface area contributed by atoms with Crippen molar-refractivity contribution in [2.24, 2.45) is 5.92 Å². The lowest BCUT2D eigenvalue weighted by Crippen LogP contribution is -2.42. The fraction of sp³-hybridized carbons (Fsp3) is 0.300. The van der Waals surface area contributed by atoms with E-state index in [2.05, 4.69) is 15.3 Å². The number of furan rings is 1. The van der Waals surface area contributed by atoms with Crippen LogP contribution in [-0.2, 0) is 16.0 Å². The number of anilines is 1. The van der Waals surface area contributed by atoms with Crippen LogP contribution in [0.4, 0.5) is 5.69 Å². The van der Waals surface area contributed by atoms with Gasteiger partial charge in [0.1, 0.15) is 0 Å². The average Bonchev–Trinajstić information content (AvgIpc) is 3.40. The molecule has 1 saturated heterocycles. The lowest BCUT2D eigenvalue weighted by molar-refractivity contribution is -0.133. The van der Waals surface area contributed by atoms with Crippen LogP contribution in [0.15, 0.2) is 52.7 Å². The highest BCUT2D eigenvalue weighted by atomic mass is 32.1. The number of nitrogens with zero attached hydrogens (tertiary/aromatic N) is 3. The smallest absolute Gasteiger partial charge is 0.228 e. The summed E-state index contributed by atoms with van der Waals surface area (Å²) in [5.74, 6) is 0.678. The monoisotopic (exact) mass is 396 g/mol. The fourth-order valence-corrected chi connectivity index (χ4v) is 4.02. The van der Waals surface area contributed by atoms with Crippen molar-refractivity contribution in [3.63, 3.8) is 0 Å². The summed E-state index contributed by atoms with van der Waals surface area (Å²) in [7, 11) is 0. The van der Waals surface area contributed by atoms with Crippen molar-refractivity contribution in [2.45, 2.75) is 19.3 Å². The van der Waals surface area contributed by atoms with Crippen molar-refractivity contribution < 1.29 is 14.0 Å². The highest BCUT2D eigenvalue weighted by molar-refractivity contribution is 7.13. The van der Waals surface area contributed by atoms with Crippen molar-refractivity contribution in [1.29, 1.82) is 0 Å². The molecule has 0 aliphatic carbocycles. The normalized spacial score (nSPS) is 14.8. The Labute approximate surface area is 166 Å². The third-order valence-corrected chi connectivity index (χ3v) is 5.69. The predicted octanol–water partition coefficient (Wildman–Crippen LogP) is 3.22. The number of amides is 2. The maximum atomic E-state index is 12.6. The molecule has 4 heterocycles. The van der Waals surface area contributed by atoms with Crippen LogP contribution in [0.1, 0.15) is 18.5 Å². The Bertz CT molecular complexity index is 932. The third kappa shape index (κ3) is 4.28. The molecule has 7 nitrogen and oxygen atoms in total. The maximum absolute atomic E-state index is 12.6. The summed E-state index contributed by atoms with van der Waals surface area (Å²) < 4.78 is 5.34. The van der Waals surface area contributed by atoms with Gasteiger partial charge < -0.3 is 14.6 Å². The standard InChI is InChI=1S/C20H20N4O3S/c25-18(12-16-13-28-20(23-16)17-2-1-11-27-17)24-9-5-14(6-10-24)19(26)22-15-3-7-21-8-4-15/h1-4,7-8,11,13-14H,5-6,9-10,12H2,(H,21,22,26). The number of carbonyl (C=O) groups is 2. The van der Waals surface area contributed by atoms with Crippen LogP contribution in [0.25, 0.3) is 10.8 Å². The van der Waals surface area contributed by atoms with E-state index >= 15 is 0 Å². The number of hydrogen-bond acceptors (Lipinski definition) is 6. The van der Waals surface area contributed by atoms with E-state index in [1.54, 1.807) is 30.8 Å². The topological polar surface area (TPSA) is 88.3 Å². The average molecular weight is 396 g/mol. The van der Waals surface area contributed by atoms with Gasteiger partial charge in [0.2, 0.25) is 11.8 Å². The Morgan fingerprint density at radius 2 is 2.00 bits per heavy atom. The van der Waals surface area contributed by atoms with Crippen LogP contribution in [0.2, 0.25) is 0 Å². The van der Waals surface area contributed by atoms with E-state index < -0.39 is 0 Å².